The van der Waals surface area contributed by atoms with Crippen molar-refractivity contribution in [3.8, 4) is 0 Å². The molecule has 258 valence electrons. The van der Waals surface area contributed by atoms with Crippen molar-refractivity contribution < 1.29 is 31.9 Å². The van der Waals surface area contributed by atoms with Gasteiger partial charge in [-0.05, 0) is 56.4 Å². The van der Waals surface area contributed by atoms with Gasteiger partial charge in [0.25, 0.3) is 0 Å². The van der Waals surface area contributed by atoms with Crippen molar-refractivity contribution in [2.45, 2.75) is 38.0 Å². The highest BCUT2D eigenvalue weighted by Gasteiger charge is 2.49. The van der Waals surface area contributed by atoms with E-state index in [1.165, 1.54) is 31.0 Å². The molecule has 3 aromatic rings. The average molecular weight is 679 g/mol. The number of rotatable bonds is 7. The molecule has 1 aromatic heterocycles. The van der Waals surface area contributed by atoms with Gasteiger partial charge in [-0.3, -0.25) is 19.3 Å². The third kappa shape index (κ3) is 6.89. The van der Waals surface area contributed by atoms with Gasteiger partial charge in [0, 0.05) is 69.8 Å². The molecule has 0 aliphatic carbocycles. The number of benzene rings is 2. The summed E-state index contributed by atoms with van der Waals surface area (Å²) in [4.78, 5) is 52.1. The number of fused-ring (bicyclic) bond motifs is 2. The lowest BCUT2D eigenvalue weighted by Crippen LogP contribution is -2.52. The van der Waals surface area contributed by atoms with Crippen LogP contribution < -0.4 is 14.7 Å². The zero-order valence-corrected chi connectivity index (χ0v) is 27.7. The van der Waals surface area contributed by atoms with E-state index in [9.17, 15) is 27.6 Å². The molecule has 4 heterocycles. The molecule has 0 N–H and O–H groups in total. The van der Waals surface area contributed by atoms with Crippen molar-refractivity contribution in [1.29, 1.82) is 0 Å². The third-order valence-corrected chi connectivity index (χ3v) is 9.37. The van der Waals surface area contributed by atoms with Gasteiger partial charge in [0.05, 0.1) is 16.9 Å². The maximum Gasteiger partial charge on any atom is 0.416 e. The fraction of sp³-hybridized carbons (Fsp3) is 0.389. The van der Waals surface area contributed by atoms with Crippen LogP contribution in [-0.4, -0.2) is 85.9 Å². The molecule has 9 nitrogen and oxygen atoms in total. The smallest absolute Gasteiger partial charge is 0.363 e. The first kappa shape index (κ1) is 34.1. The number of para-hydroxylation sites is 1. The lowest BCUT2D eigenvalue weighted by molar-refractivity contribution is -0.137. The zero-order chi connectivity index (χ0) is 35.2. The number of carbonyl (C=O) groups is 3. The fourth-order valence-corrected chi connectivity index (χ4v) is 6.86. The van der Waals surface area contributed by atoms with Crippen LogP contribution >= 0.6 is 0 Å². The van der Waals surface area contributed by atoms with Crippen LogP contribution in [0.1, 0.15) is 34.7 Å². The maximum absolute atomic E-state index is 15.6. The number of likely N-dealkylation sites (N-methyl/N-ethyl adjacent to an activating group) is 2. The Morgan fingerprint density at radius 1 is 1.04 bits per heavy atom. The minimum Gasteiger partial charge on any atom is -0.363 e. The highest BCUT2D eigenvalue weighted by atomic mass is 19.4. The van der Waals surface area contributed by atoms with E-state index in [-0.39, 0.29) is 54.2 Å². The molecule has 2 saturated heterocycles. The van der Waals surface area contributed by atoms with Crippen molar-refractivity contribution in [3.63, 3.8) is 0 Å². The summed E-state index contributed by atoms with van der Waals surface area (Å²) < 4.78 is 56.8. The molecule has 3 amide bonds. The van der Waals surface area contributed by atoms with Crippen molar-refractivity contribution >= 4 is 34.9 Å². The van der Waals surface area contributed by atoms with E-state index >= 15 is 4.39 Å². The second kappa shape index (κ2) is 13.3. The summed E-state index contributed by atoms with van der Waals surface area (Å²) >= 11 is 0. The number of hydrogen-bond acceptors (Lipinski definition) is 6. The number of halogens is 4. The van der Waals surface area contributed by atoms with Crippen LogP contribution in [-0.2, 0) is 27.1 Å². The Balaban J connectivity index is 1.25. The topological polar surface area (TPSA) is 80.3 Å². The molecule has 2 aromatic carbocycles. The van der Waals surface area contributed by atoms with Crippen molar-refractivity contribution in [2.24, 2.45) is 5.92 Å². The van der Waals surface area contributed by atoms with Crippen LogP contribution in [0.25, 0.3) is 0 Å². The molecule has 3 aliphatic heterocycles. The summed E-state index contributed by atoms with van der Waals surface area (Å²) in [6.07, 6.45) is -1.35. The predicted octanol–water partition coefficient (Wildman–Crippen LogP) is 5.00. The van der Waals surface area contributed by atoms with Gasteiger partial charge in [-0.25, -0.2) is 9.37 Å². The summed E-state index contributed by atoms with van der Waals surface area (Å²) in [6, 6.07) is 12.9. The number of aromatic nitrogens is 1. The van der Waals surface area contributed by atoms with E-state index < -0.39 is 41.3 Å². The lowest BCUT2D eigenvalue weighted by atomic mass is 9.90. The Bertz CT molecular complexity index is 1790. The van der Waals surface area contributed by atoms with Gasteiger partial charge in [-0.15, -0.1) is 0 Å². The normalized spacial score (nSPS) is 20.1. The molecule has 2 fully saturated rings. The van der Waals surface area contributed by atoms with E-state index in [1.807, 2.05) is 49.3 Å². The van der Waals surface area contributed by atoms with E-state index in [0.717, 1.165) is 28.2 Å². The first-order valence-electron chi connectivity index (χ1n) is 16.1. The molecule has 0 saturated carbocycles. The molecule has 0 radical (unpaired) electrons. The number of hydrogen-bond donors (Lipinski definition) is 0. The van der Waals surface area contributed by atoms with E-state index in [0.29, 0.717) is 19.6 Å². The molecule has 13 heteroatoms. The average Bonchev–Trinajstić information content (AvgIpc) is 3.33. The number of amides is 3. The second-order valence-corrected chi connectivity index (χ2v) is 13.3. The molecule has 49 heavy (non-hydrogen) atoms. The fourth-order valence-electron chi connectivity index (χ4n) is 6.86. The van der Waals surface area contributed by atoms with Gasteiger partial charge in [0.15, 0.2) is 0 Å². The molecule has 6 rings (SSSR count). The Morgan fingerprint density at radius 3 is 2.43 bits per heavy atom. The summed E-state index contributed by atoms with van der Waals surface area (Å²) in [5.74, 6) is -2.32. The Hall–Kier alpha value is -4.78. The van der Waals surface area contributed by atoms with Crippen molar-refractivity contribution in [1.82, 2.24) is 14.8 Å². The Morgan fingerprint density at radius 2 is 1.76 bits per heavy atom. The maximum atomic E-state index is 15.6. The zero-order valence-electron chi connectivity index (χ0n) is 27.7. The van der Waals surface area contributed by atoms with Crippen LogP contribution in [0.4, 0.5) is 34.8 Å². The minimum absolute atomic E-state index is 0.0165. The first-order valence-corrected chi connectivity index (χ1v) is 16.1. The van der Waals surface area contributed by atoms with E-state index in [2.05, 4.69) is 4.98 Å². The largest absolute Gasteiger partial charge is 0.416 e. The number of carbonyl (C=O) groups excluding carboxylic acids is 3. The quantitative estimate of drug-likeness (QED) is 0.259. The van der Waals surface area contributed by atoms with Crippen LogP contribution in [0, 0.1) is 18.7 Å². The molecular weight excluding hydrogens is 640 g/mol. The summed E-state index contributed by atoms with van der Waals surface area (Å²) in [6.45, 7) is 3.67. The Kier molecular flexibility index (Phi) is 9.23. The number of alkyl halides is 3. The molecule has 0 bridgehead atoms. The van der Waals surface area contributed by atoms with Crippen molar-refractivity contribution in [2.75, 3.05) is 62.0 Å². The standard InChI is InChI=1S/C36H38F4N6O3/c1-22-15-27(36(38,39)40)17-30(41-22)46-32(48)16-25-19-45(34-28(37)7-5-8-29(34)43(4)35(49)33(25)46)18-23-10-12-24(13-11-23)26-20-44(21-26)31(47)9-6-14-42(2)3/h5-13,15,17,25-26,33H,14,16,18-21H2,1-4H3/b9-6+/t25-,33+/m1/s1. The van der Waals surface area contributed by atoms with Gasteiger partial charge in [0.1, 0.15) is 17.7 Å². The minimum atomic E-state index is -4.67. The SMILES string of the molecule is Cc1cc(C(F)(F)F)cc(N2C(=O)C[C@@H]3CN(Cc4ccc(C5CN(C(=O)/C=C/CN(C)C)C5)cc4)c4c(F)cccc4N(C)C(=O)[C@H]32)n1. The Labute approximate surface area is 282 Å². The molecule has 0 spiro atoms. The highest BCUT2D eigenvalue weighted by Crippen LogP contribution is 2.42. The highest BCUT2D eigenvalue weighted by molar-refractivity contribution is 6.10. The monoisotopic (exact) mass is 678 g/mol. The summed E-state index contributed by atoms with van der Waals surface area (Å²) in [7, 11) is 5.35. The number of aryl methyl sites for hydroxylation is 1. The number of likely N-dealkylation sites (tertiary alicyclic amines) is 1. The summed E-state index contributed by atoms with van der Waals surface area (Å²) in [5.41, 5.74) is 1.52. The van der Waals surface area contributed by atoms with Crippen LogP contribution in [0.5, 0.6) is 0 Å². The molecular formula is C36H38F4N6O3. The van der Waals surface area contributed by atoms with Crippen molar-refractivity contribution in [3.05, 3.63) is 95.0 Å². The van der Waals surface area contributed by atoms with Crippen LogP contribution in [0.2, 0.25) is 0 Å². The predicted molar refractivity (Wildman–Crippen MR) is 178 cm³/mol. The summed E-state index contributed by atoms with van der Waals surface area (Å²) in [5, 5.41) is 0. The van der Waals surface area contributed by atoms with Gasteiger partial charge in [-0.1, -0.05) is 36.4 Å². The van der Waals surface area contributed by atoms with Crippen LogP contribution in [0.3, 0.4) is 0 Å². The van der Waals surface area contributed by atoms with E-state index in [1.54, 1.807) is 21.9 Å². The lowest BCUT2D eigenvalue weighted by Gasteiger charge is -2.39. The number of pyridine rings is 1. The van der Waals surface area contributed by atoms with Crippen LogP contribution in [0.15, 0.2) is 66.7 Å². The van der Waals surface area contributed by atoms with Gasteiger partial charge >= 0.3 is 6.18 Å². The molecule has 3 aliphatic rings. The second-order valence-electron chi connectivity index (χ2n) is 13.3. The first-order chi connectivity index (χ1) is 23.2. The third-order valence-electron chi connectivity index (χ3n) is 9.37. The number of anilines is 3. The molecule has 0 unspecified atom stereocenters. The van der Waals surface area contributed by atoms with Gasteiger partial charge < -0.3 is 19.6 Å². The van der Waals surface area contributed by atoms with Gasteiger partial charge in [0.2, 0.25) is 17.7 Å². The molecule has 2 atom stereocenters. The number of nitrogens with zero attached hydrogens (tertiary/aromatic N) is 6. The van der Waals surface area contributed by atoms with Gasteiger partial charge in [-0.2, -0.15) is 13.2 Å². The van der Waals surface area contributed by atoms with E-state index in [4.69, 9.17) is 0 Å².